The predicted molar refractivity (Wildman–Crippen MR) is 38.1 cm³/mol. The van der Waals surface area contributed by atoms with Crippen LogP contribution in [0.2, 0.25) is 0 Å². The van der Waals surface area contributed by atoms with Crippen molar-refractivity contribution in [2.24, 2.45) is 0 Å². The zero-order valence-corrected chi connectivity index (χ0v) is 7.45. The van der Waals surface area contributed by atoms with E-state index in [1.165, 1.54) is 0 Å². The number of carboxylic acid groups (broad SMARTS) is 1. The number of carboxylic acids is 1. The van der Waals surface area contributed by atoms with Gasteiger partial charge in [-0.1, -0.05) is 17.7 Å². The van der Waals surface area contributed by atoms with Crippen molar-refractivity contribution in [2.75, 3.05) is 0 Å². The molecule has 0 saturated heterocycles. The first-order chi connectivity index (χ1) is 4.70. The minimum Gasteiger partial charge on any atom is -0.478 e. The molecule has 0 aliphatic rings. The molecule has 1 rings (SSSR count). The second-order valence-electron chi connectivity index (χ2n) is 2.17. The van der Waals surface area contributed by atoms with Crippen LogP contribution in [0.4, 0.5) is 0 Å². The average Bonchev–Trinajstić information content (AvgIpc) is 1.88. The Morgan fingerprint density at radius 2 is 2.09 bits per heavy atom. The second-order valence-corrected chi connectivity index (χ2v) is 2.17. The summed E-state index contributed by atoms with van der Waals surface area (Å²) >= 11 is 0. The van der Waals surface area contributed by atoms with E-state index in [1.807, 2.05) is 13.0 Å². The van der Waals surface area contributed by atoms with E-state index in [0.717, 1.165) is 5.56 Å². The van der Waals surface area contributed by atoms with E-state index >= 15 is 0 Å². The van der Waals surface area contributed by atoms with Crippen molar-refractivity contribution >= 4 is 5.97 Å². The standard InChI is InChI=1S/C8H8O2.Ag/c1-6-3-2-4-7(5-6)8(9)10;/h2-5H,1H3,(H,9,10);. The van der Waals surface area contributed by atoms with E-state index in [-0.39, 0.29) is 22.4 Å². The van der Waals surface area contributed by atoms with Gasteiger partial charge in [0.1, 0.15) is 0 Å². The molecular weight excluding hydrogens is 236 g/mol. The van der Waals surface area contributed by atoms with Crippen molar-refractivity contribution in [1.82, 2.24) is 0 Å². The van der Waals surface area contributed by atoms with Crippen LogP contribution in [0, 0.1) is 6.92 Å². The molecule has 0 aliphatic carbocycles. The minimum absolute atomic E-state index is 0. The molecule has 1 aromatic rings. The Morgan fingerprint density at radius 1 is 1.45 bits per heavy atom. The monoisotopic (exact) mass is 243 g/mol. The minimum atomic E-state index is -0.872. The predicted octanol–water partition coefficient (Wildman–Crippen LogP) is 1.69. The van der Waals surface area contributed by atoms with Crippen LogP contribution in [-0.2, 0) is 22.4 Å². The fourth-order valence-electron chi connectivity index (χ4n) is 0.778. The number of carbonyl (C=O) groups is 1. The summed E-state index contributed by atoms with van der Waals surface area (Å²) in [4.78, 5) is 10.4. The second kappa shape index (κ2) is 4.34. The molecule has 0 heterocycles. The van der Waals surface area contributed by atoms with E-state index in [0.29, 0.717) is 5.56 Å². The van der Waals surface area contributed by atoms with Gasteiger partial charge in [0.05, 0.1) is 5.56 Å². The van der Waals surface area contributed by atoms with Crippen molar-refractivity contribution < 1.29 is 32.3 Å². The van der Waals surface area contributed by atoms with Gasteiger partial charge in [-0.25, -0.2) is 4.79 Å². The van der Waals surface area contributed by atoms with Crippen molar-refractivity contribution in [1.29, 1.82) is 0 Å². The molecule has 0 aromatic heterocycles. The summed E-state index contributed by atoms with van der Waals surface area (Å²) in [5.41, 5.74) is 1.32. The molecule has 0 fully saturated rings. The quantitative estimate of drug-likeness (QED) is 0.763. The normalized spacial score (nSPS) is 8.45. The number of hydrogen-bond donors (Lipinski definition) is 1. The molecule has 0 atom stereocenters. The van der Waals surface area contributed by atoms with Crippen molar-refractivity contribution in [3.05, 3.63) is 35.4 Å². The molecule has 63 valence electrons. The summed E-state index contributed by atoms with van der Waals surface area (Å²) in [5.74, 6) is -0.872. The zero-order chi connectivity index (χ0) is 7.56. The van der Waals surface area contributed by atoms with Crippen LogP contribution in [0.25, 0.3) is 0 Å². The Hall–Kier alpha value is -0.570. The van der Waals surface area contributed by atoms with Gasteiger partial charge >= 0.3 is 5.97 Å². The fraction of sp³-hybridized carbons (Fsp3) is 0.125. The summed E-state index contributed by atoms with van der Waals surface area (Å²) in [5, 5.41) is 8.51. The van der Waals surface area contributed by atoms with Crippen LogP contribution in [0.5, 0.6) is 0 Å². The summed E-state index contributed by atoms with van der Waals surface area (Å²) in [6.07, 6.45) is 0. The van der Waals surface area contributed by atoms with Crippen molar-refractivity contribution in [2.45, 2.75) is 6.92 Å². The fourth-order valence-corrected chi connectivity index (χ4v) is 0.778. The first kappa shape index (κ1) is 10.4. The first-order valence-electron chi connectivity index (χ1n) is 3.00. The van der Waals surface area contributed by atoms with Gasteiger partial charge in [0.15, 0.2) is 0 Å². The molecule has 0 spiro atoms. The topological polar surface area (TPSA) is 37.3 Å². The van der Waals surface area contributed by atoms with Crippen LogP contribution in [0.3, 0.4) is 0 Å². The number of hydrogen-bond acceptors (Lipinski definition) is 1. The number of benzene rings is 1. The van der Waals surface area contributed by atoms with Crippen molar-refractivity contribution in [3.63, 3.8) is 0 Å². The first-order valence-corrected chi connectivity index (χ1v) is 3.00. The molecule has 3 heteroatoms. The Bertz CT molecular complexity index is 258. The van der Waals surface area contributed by atoms with Gasteiger partial charge in [0, 0.05) is 22.4 Å². The van der Waals surface area contributed by atoms with Gasteiger partial charge in [-0.3, -0.25) is 0 Å². The molecule has 0 saturated carbocycles. The Labute approximate surface area is 80.8 Å². The molecule has 1 aromatic carbocycles. The van der Waals surface area contributed by atoms with Gasteiger partial charge in [-0.15, -0.1) is 0 Å². The summed E-state index contributed by atoms with van der Waals surface area (Å²) in [7, 11) is 0. The number of aromatic carboxylic acids is 1. The van der Waals surface area contributed by atoms with E-state index in [2.05, 4.69) is 0 Å². The molecule has 1 N–H and O–H groups in total. The third-order valence-electron chi connectivity index (χ3n) is 1.27. The van der Waals surface area contributed by atoms with Crippen molar-refractivity contribution in [3.8, 4) is 0 Å². The number of aryl methyl sites for hydroxylation is 1. The largest absolute Gasteiger partial charge is 0.478 e. The smallest absolute Gasteiger partial charge is 0.335 e. The van der Waals surface area contributed by atoms with Crippen LogP contribution in [0.1, 0.15) is 15.9 Å². The van der Waals surface area contributed by atoms with E-state index < -0.39 is 5.97 Å². The van der Waals surface area contributed by atoms with E-state index in [4.69, 9.17) is 5.11 Å². The molecule has 0 amide bonds. The molecule has 2 nitrogen and oxygen atoms in total. The van der Waals surface area contributed by atoms with E-state index in [1.54, 1.807) is 18.2 Å². The Kier molecular flexibility index (Phi) is 4.11. The maximum absolute atomic E-state index is 10.4. The van der Waals surface area contributed by atoms with Gasteiger partial charge in [-0.05, 0) is 19.1 Å². The van der Waals surface area contributed by atoms with Crippen LogP contribution < -0.4 is 0 Å². The maximum atomic E-state index is 10.4. The molecule has 11 heavy (non-hydrogen) atoms. The molecule has 0 unspecified atom stereocenters. The molecule has 0 aliphatic heterocycles. The third-order valence-corrected chi connectivity index (χ3v) is 1.27. The third kappa shape index (κ3) is 2.89. The zero-order valence-electron chi connectivity index (χ0n) is 5.97. The SMILES string of the molecule is Cc1cccc(C(=O)O)c1.[Ag]. The number of rotatable bonds is 1. The summed E-state index contributed by atoms with van der Waals surface area (Å²) in [6.45, 7) is 1.87. The molecule has 1 radical (unpaired) electrons. The summed E-state index contributed by atoms with van der Waals surface area (Å²) in [6, 6.07) is 6.82. The van der Waals surface area contributed by atoms with Crippen LogP contribution in [0.15, 0.2) is 24.3 Å². The van der Waals surface area contributed by atoms with Gasteiger partial charge in [-0.2, -0.15) is 0 Å². The Morgan fingerprint density at radius 3 is 2.45 bits per heavy atom. The summed E-state index contributed by atoms with van der Waals surface area (Å²) < 4.78 is 0. The average molecular weight is 244 g/mol. The maximum Gasteiger partial charge on any atom is 0.335 e. The van der Waals surface area contributed by atoms with E-state index in [9.17, 15) is 4.79 Å². The van der Waals surface area contributed by atoms with Crippen LogP contribution in [-0.4, -0.2) is 11.1 Å². The Balaban J connectivity index is 0.000001000. The van der Waals surface area contributed by atoms with Gasteiger partial charge < -0.3 is 5.11 Å². The molecular formula is C8H8AgO2. The van der Waals surface area contributed by atoms with Gasteiger partial charge in [0.2, 0.25) is 0 Å². The van der Waals surface area contributed by atoms with Gasteiger partial charge in [0.25, 0.3) is 0 Å². The molecule has 0 bridgehead atoms. The van der Waals surface area contributed by atoms with Crippen LogP contribution >= 0.6 is 0 Å².